The molecule has 28 heavy (non-hydrogen) atoms. The SMILES string of the molecule is COc1ccc(C(c2ccc(OC)cc2)C2(Cl)C(=O)CC(C)(C)CC2=O)cc1. The van der Waals surface area contributed by atoms with Crippen molar-refractivity contribution < 1.29 is 19.1 Å². The summed E-state index contributed by atoms with van der Waals surface area (Å²) in [6, 6.07) is 14.7. The van der Waals surface area contributed by atoms with Gasteiger partial charge in [0, 0.05) is 18.8 Å². The predicted octanol–water partition coefficient (Wildman–Crippen LogP) is 4.77. The normalized spacial score (nSPS) is 18.2. The van der Waals surface area contributed by atoms with Crippen molar-refractivity contribution in [3.8, 4) is 11.5 Å². The summed E-state index contributed by atoms with van der Waals surface area (Å²) < 4.78 is 10.5. The number of ketones is 2. The number of methoxy groups -OCH3 is 2. The molecule has 1 aliphatic rings. The molecule has 4 nitrogen and oxygen atoms in total. The van der Waals surface area contributed by atoms with Gasteiger partial charge in [-0.3, -0.25) is 9.59 Å². The highest BCUT2D eigenvalue weighted by atomic mass is 35.5. The summed E-state index contributed by atoms with van der Waals surface area (Å²) in [5, 5.41) is 0. The average Bonchev–Trinajstić information content (AvgIpc) is 2.67. The summed E-state index contributed by atoms with van der Waals surface area (Å²) >= 11 is 6.92. The van der Waals surface area contributed by atoms with E-state index in [1.165, 1.54) is 0 Å². The lowest BCUT2D eigenvalue weighted by Crippen LogP contribution is -2.53. The third kappa shape index (κ3) is 3.66. The van der Waals surface area contributed by atoms with E-state index in [-0.39, 0.29) is 29.8 Å². The second kappa shape index (κ2) is 7.59. The lowest BCUT2D eigenvalue weighted by molar-refractivity contribution is -0.138. The van der Waals surface area contributed by atoms with Crippen molar-refractivity contribution in [2.75, 3.05) is 14.2 Å². The fourth-order valence-electron chi connectivity index (χ4n) is 3.91. The van der Waals surface area contributed by atoms with Gasteiger partial charge in [-0.2, -0.15) is 0 Å². The van der Waals surface area contributed by atoms with Crippen LogP contribution >= 0.6 is 11.6 Å². The zero-order valence-electron chi connectivity index (χ0n) is 16.6. The highest BCUT2D eigenvalue weighted by molar-refractivity contribution is 6.48. The van der Waals surface area contributed by atoms with Crippen molar-refractivity contribution in [1.82, 2.24) is 0 Å². The second-order valence-corrected chi connectivity index (χ2v) is 8.65. The largest absolute Gasteiger partial charge is 0.497 e. The fraction of sp³-hybridized carbons (Fsp3) is 0.391. The number of benzene rings is 2. The minimum absolute atomic E-state index is 0.230. The van der Waals surface area contributed by atoms with Crippen LogP contribution in [0.3, 0.4) is 0 Å². The van der Waals surface area contributed by atoms with Crippen molar-refractivity contribution in [3.63, 3.8) is 0 Å². The zero-order valence-corrected chi connectivity index (χ0v) is 17.4. The molecule has 1 saturated carbocycles. The quantitative estimate of drug-likeness (QED) is 0.535. The molecule has 0 spiro atoms. The summed E-state index contributed by atoms with van der Waals surface area (Å²) in [6.07, 6.45) is 0.538. The third-order valence-corrected chi connectivity index (χ3v) is 6.03. The Labute approximate surface area is 170 Å². The van der Waals surface area contributed by atoms with E-state index in [2.05, 4.69) is 0 Å². The van der Waals surface area contributed by atoms with Crippen molar-refractivity contribution in [2.24, 2.45) is 5.41 Å². The minimum Gasteiger partial charge on any atom is -0.497 e. The molecular formula is C23H25ClO4. The topological polar surface area (TPSA) is 52.6 Å². The number of halogens is 1. The molecule has 2 aromatic rings. The third-order valence-electron chi connectivity index (χ3n) is 5.39. The summed E-state index contributed by atoms with van der Waals surface area (Å²) in [4.78, 5) is 24.7. The van der Waals surface area contributed by atoms with Crippen LogP contribution in [0.5, 0.6) is 11.5 Å². The van der Waals surface area contributed by atoms with Gasteiger partial charge in [-0.1, -0.05) is 38.1 Å². The van der Waals surface area contributed by atoms with E-state index in [0.717, 1.165) is 11.1 Å². The Bertz CT molecular complexity index is 801. The van der Waals surface area contributed by atoms with Gasteiger partial charge < -0.3 is 9.47 Å². The summed E-state index contributed by atoms with van der Waals surface area (Å²) in [6.45, 7) is 3.85. The van der Waals surface area contributed by atoms with Gasteiger partial charge in [0.1, 0.15) is 11.5 Å². The molecule has 5 heteroatoms. The van der Waals surface area contributed by atoms with E-state index in [1.807, 2.05) is 62.4 Å². The van der Waals surface area contributed by atoms with Crippen LogP contribution in [0.2, 0.25) is 0 Å². The average molecular weight is 401 g/mol. The van der Waals surface area contributed by atoms with Gasteiger partial charge in [-0.25, -0.2) is 0 Å². The molecule has 1 fully saturated rings. The van der Waals surface area contributed by atoms with Gasteiger partial charge in [0.05, 0.1) is 14.2 Å². The predicted molar refractivity (Wildman–Crippen MR) is 109 cm³/mol. The zero-order chi connectivity index (χ0) is 20.5. The lowest BCUT2D eigenvalue weighted by atomic mass is 9.64. The Morgan fingerprint density at radius 2 is 1.14 bits per heavy atom. The molecule has 0 radical (unpaired) electrons. The van der Waals surface area contributed by atoms with E-state index in [1.54, 1.807) is 14.2 Å². The van der Waals surface area contributed by atoms with Gasteiger partial charge in [-0.15, -0.1) is 11.6 Å². The van der Waals surface area contributed by atoms with Gasteiger partial charge in [0.15, 0.2) is 16.4 Å². The number of hydrogen-bond donors (Lipinski definition) is 0. The molecule has 0 saturated heterocycles. The van der Waals surface area contributed by atoms with E-state index < -0.39 is 10.8 Å². The van der Waals surface area contributed by atoms with Crippen molar-refractivity contribution in [1.29, 1.82) is 0 Å². The van der Waals surface area contributed by atoms with Gasteiger partial charge in [0.25, 0.3) is 0 Å². The van der Waals surface area contributed by atoms with Gasteiger partial charge >= 0.3 is 0 Å². The maximum Gasteiger partial charge on any atom is 0.171 e. The van der Waals surface area contributed by atoms with Crippen LogP contribution in [0.1, 0.15) is 43.7 Å². The van der Waals surface area contributed by atoms with Crippen molar-refractivity contribution in [3.05, 3.63) is 59.7 Å². The Morgan fingerprint density at radius 1 is 0.786 bits per heavy atom. The van der Waals surface area contributed by atoms with E-state index in [0.29, 0.717) is 11.5 Å². The molecule has 148 valence electrons. The highest BCUT2D eigenvalue weighted by Gasteiger charge is 2.56. The van der Waals surface area contributed by atoms with Crippen LogP contribution in [-0.4, -0.2) is 30.7 Å². The molecule has 0 aromatic heterocycles. The molecule has 3 rings (SSSR count). The molecule has 0 heterocycles. The molecular weight excluding hydrogens is 376 g/mol. The second-order valence-electron chi connectivity index (χ2n) is 8.06. The summed E-state index contributed by atoms with van der Waals surface area (Å²) in [5.41, 5.74) is 1.21. The lowest BCUT2D eigenvalue weighted by Gasteiger charge is -2.41. The van der Waals surface area contributed by atoms with Crippen molar-refractivity contribution in [2.45, 2.75) is 37.5 Å². The van der Waals surface area contributed by atoms with Gasteiger partial charge in [0.2, 0.25) is 0 Å². The van der Waals surface area contributed by atoms with Gasteiger partial charge in [-0.05, 0) is 40.8 Å². The molecule has 0 N–H and O–H groups in total. The fourth-order valence-corrected chi connectivity index (χ4v) is 4.30. The van der Waals surface area contributed by atoms with Crippen LogP contribution in [-0.2, 0) is 9.59 Å². The smallest absolute Gasteiger partial charge is 0.171 e. The molecule has 2 aromatic carbocycles. The van der Waals surface area contributed by atoms with Crippen molar-refractivity contribution >= 4 is 23.2 Å². The Balaban J connectivity index is 2.14. The molecule has 0 amide bonds. The number of carbonyl (C=O) groups excluding carboxylic acids is 2. The molecule has 0 bridgehead atoms. The number of hydrogen-bond acceptors (Lipinski definition) is 4. The molecule has 0 atom stereocenters. The molecule has 0 unspecified atom stereocenters. The first-order valence-electron chi connectivity index (χ1n) is 9.24. The highest BCUT2D eigenvalue weighted by Crippen LogP contribution is 2.49. The minimum atomic E-state index is -1.63. The number of rotatable bonds is 5. The maximum atomic E-state index is 13.2. The van der Waals surface area contributed by atoms with E-state index >= 15 is 0 Å². The Morgan fingerprint density at radius 3 is 1.46 bits per heavy atom. The number of Topliss-reactive ketones (excluding diaryl/α,β-unsaturated/α-hetero) is 2. The number of ether oxygens (including phenoxy) is 2. The van der Waals surface area contributed by atoms with Crippen LogP contribution in [0, 0.1) is 5.41 Å². The number of carbonyl (C=O) groups is 2. The summed E-state index contributed by atoms with van der Waals surface area (Å²) in [7, 11) is 3.19. The van der Waals surface area contributed by atoms with Crippen LogP contribution in [0.25, 0.3) is 0 Å². The van der Waals surface area contributed by atoms with E-state index in [4.69, 9.17) is 21.1 Å². The van der Waals surface area contributed by atoms with Crippen LogP contribution in [0.15, 0.2) is 48.5 Å². The Hall–Kier alpha value is -2.33. The molecule has 1 aliphatic carbocycles. The van der Waals surface area contributed by atoms with E-state index in [9.17, 15) is 9.59 Å². The first kappa shape index (κ1) is 20.4. The van der Waals surface area contributed by atoms with Crippen LogP contribution in [0.4, 0.5) is 0 Å². The molecule has 0 aliphatic heterocycles. The first-order chi connectivity index (χ1) is 13.2. The standard InChI is InChI=1S/C23H25ClO4/c1-22(2)13-19(25)23(24,20(26)14-22)21(15-5-9-17(27-3)10-6-15)16-7-11-18(28-4)12-8-16/h5-12,21H,13-14H2,1-4H3. The number of alkyl halides is 1. The monoisotopic (exact) mass is 400 g/mol. The van der Waals surface area contributed by atoms with Crippen LogP contribution < -0.4 is 9.47 Å². The summed E-state index contributed by atoms with van der Waals surface area (Å²) in [5.74, 6) is 0.341. The maximum absolute atomic E-state index is 13.2. The first-order valence-corrected chi connectivity index (χ1v) is 9.62. The Kier molecular flexibility index (Phi) is 5.53.